The predicted molar refractivity (Wildman–Crippen MR) is 71.6 cm³/mol. The molecule has 1 aromatic rings. The van der Waals surface area contributed by atoms with E-state index < -0.39 is 0 Å². The first-order valence-corrected chi connectivity index (χ1v) is 6.44. The van der Waals surface area contributed by atoms with Gasteiger partial charge in [0.25, 0.3) is 0 Å². The van der Waals surface area contributed by atoms with Crippen molar-refractivity contribution < 1.29 is 9.53 Å². The maximum absolute atomic E-state index is 11.5. The summed E-state index contributed by atoms with van der Waals surface area (Å²) in [5, 5.41) is 2.76. The van der Waals surface area contributed by atoms with Crippen LogP contribution < -0.4 is 5.32 Å². The smallest absolute Gasteiger partial charge is 0.250 e. The lowest BCUT2D eigenvalue weighted by Gasteiger charge is -2.09. The fourth-order valence-electron chi connectivity index (χ4n) is 1.02. The van der Waals surface area contributed by atoms with Crippen LogP contribution >= 0.6 is 31.9 Å². The third-order valence-electron chi connectivity index (χ3n) is 1.75. The van der Waals surface area contributed by atoms with E-state index in [1.165, 1.54) is 0 Å². The molecule has 3 nitrogen and oxygen atoms in total. The van der Waals surface area contributed by atoms with Gasteiger partial charge in [-0.15, -0.1) is 0 Å². The Labute approximate surface area is 112 Å². The third kappa shape index (κ3) is 4.63. The Hall–Kier alpha value is -0.390. The van der Waals surface area contributed by atoms with Gasteiger partial charge in [0, 0.05) is 8.95 Å². The Kier molecular flexibility index (Phi) is 5.44. The molecular weight excluding hydrogens is 338 g/mol. The molecule has 0 saturated heterocycles. The molecule has 0 spiro atoms. The summed E-state index contributed by atoms with van der Waals surface area (Å²) in [7, 11) is 0. The number of nitrogens with one attached hydrogen (secondary N) is 1. The molecule has 0 unspecified atom stereocenters. The Morgan fingerprint density at radius 3 is 2.69 bits per heavy atom. The van der Waals surface area contributed by atoms with Crippen molar-refractivity contribution in [3.8, 4) is 0 Å². The monoisotopic (exact) mass is 349 g/mol. The summed E-state index contributed by atoms with van der Waals surface area (Å²) in [5.74, 6) is -0.156. The topological polar surface area (TPSA) is 38.3 Å². The lowest BCUT2D eigenvalue weighted by molar-refractivity contribution is -0.121. The van der Waals surface area contributed by atoms with Gasteiger partial charge >= 0.3 is 0 Å². The number of amides is 1. The molecule has 0 heterocycles. The normalized spacial score (nSPS) is 10.6. The predicted octanol–water partition coefficient (Wildman–Crippen LogP) is 3.58. The zero-order chi connectivity index (χ0) is 12.1. The molecule has 0 aliphatic rings. The van der Waals surface area contributed by atoms with Crippen molar-refractivity contribution in [2.75, 3.05) is 11.9 Å². The van der Waals surface area contributed by atoms with Crippen LogP contribution in [-0.2, 0) is 9.53 Å². The van der Waals surface area contributed by atoms with Crippen LogP contribution in [0.1, 0.15) is 13.8 Å². The van der Waals surface area contributed by atoms with Crippen molar-refractivity contribution in [1.29, 1.82) is 0 Å². The Bertz CT molecular complexity index is 380. The Morgan fingerprint density at radius 1 is 1.44 bits per heavy atom. The highest BCUT2D eigenvalue weighted by Gasteiger charge is 2.06. The third-order valence-corrected chi connectivity index (χ3v) is 2.90. The van der Waals surface area contributed by atoms with Crippen molar-refractivity contribution in [3.63, 3.8) is 0 Å². The average Bonchev–Trinajstić information content (AvgIpc) is 2.19. The van der Waals surface area contributed by atoms with Crippen LogP contribution in [0.5, 0.6) is 0 Å². The first-order valence-electron chi connectivity index (χ1n) is 4.85. The van der Waals surface area contributed by atoms with E-state index in [0.29, 0.717) is 0 Å². The summed E-state index contributed by atoms with van der Waals surface area (Å²) in [6.45, 7) is 3.85. The van der Waals surface area contributed by atoms with Crippen LogP contribution in [0, 0.1) is 0 Å². The van der Waals surface area contributed by atoms with Gasteiger partial charge in [-0.1, -0.05) is 15.9 Å². The molecule has 0 radical (unpaired) electrons. The highest BCUT2D eigenvalue weighted by Crippen LogP contribution is 2.25. The van der Waals surface area contributed by atoms with Crippen LogP contribution in [-0.4, -0.2) is 18.6 Å². The van der Waals surface area contributed by atoms with E-state index >= 15 is 0 Å². The van der Waals surface area contributed by atoms with Crippen molar-refractivity contribution in [2.45, 2.75) is 20.0 Å². The molecule has 0 bridgehead atoms. The fraction of sp³-hybridized carbons (Fsp3) is 0.364. The minimum absolute atomic E-state index is 0.0547. The number of carbonyl (C=O) groups is 1. The molecule has 0 fully saturated rings. The minimum Gasteiger partial charge on any atom is -0.369 e. The molecule has 1 rings (SSSR count). The van der Waals surface area contributed by atoms with Crippen molar-refractivity contribution in [2.24, 2.45) is 0 Å². The summed E-state index contributed by atoms with van der Waals surface area (Å²) in [4.78, 5) is 11.5. The molecule has 88 valence electrons. The van der Waals surface area contributed by atoms with Gasteiger partial charge in [-0.05, 0) is 48.0 Å². The molecule has 1 N–H and O–H groups in total. The highest BCUT2D eigenvalue weighted by molar-refractivity contribution is 9.11. The number of benzene rings is 1. The molecule has 1 amide bonds. The molecular formula is C11H13Br2NO2. The van der Waals surface area contributed by atoms with Crippen LogP contribution in [0.3, 0.4) is 0 Å². The van der Waals surface area contributed by atoms with Crippen LogP contribution in [0.25, 0.3) is 0 Å². The van der Waals surface area contributed by atoms with Gasteiger partial charge in [-0.3, -0.25) is 4.79 Å². The molecule has 0 aliphatic carbocycles. The molecule has 5 heteroatoms. The second-order valence-corrected chi connectivity index (χ2v) is 5.30. The SMILES string of the molecule is CC(C)OCC(=O)Nc1ccc(Br)cc1Br. The van der Waals surface area contributed by atoms with E-state index in [2.05, 4.69) is 37.2 Å². The summed E-state index contributed by atoms with van der Waals surface area (Å²) in [5.41, 5.74) is 0.737. The molecule has 0 aromatic heterocycles. The van der Waals surface area contributed by atoms with Gasteiger partial charge in [0.2, 0.25) is 5.91 Å². The van der Waals surface area contributed by atoms with Crippen molar-refractivity contribution in [1.82, 2.24) is 0 Å². The number of halogens is 2. The van der Waals surface area contributed by atoms with Crippen molar-refractivity contribution >= 4 is 43.5 Å². The average molecular weight is 351 g/mol. The summed E-state index contributed by atoms with van der Waals surface area (Å²) < 4.78 is 6.99. The van der Waals surface area contributed by atoms with Gasteiger partial charge in [-0.2, -0.15) is 0 Å². The van der Waals surface area contributed by atoms with Crippen LogP contribution in [0.2, 0.25) is 0 Å². The second kappa shape index (κ2) is 6.37. The molecule has 0 atom stereocenters. The second-order valence-electron chi connectivity index (χ2n) is 3.53. The Morgan fingerprint density at radius 2 is 2.12 bits per heavy atom. The fourth-order valence-corrected chi connectivity index (χ4v) is 2.17. The van der Waals surface area contributed by atoms with Gasteiger partial charge < -0.3 is 10.1 Å². The Balaban J connectivity index is 2.56. The van der Waals surface area contributed by atoms with E-state index in [4.69, 9.17) is 4.74 Å². The van der Waals surface area contributed by atoms with E-state index in [1.54, 1.807) is 0 Å². The molecule has 1 aromatic carbocycles. The number of hydrogen-bond acceptors (Lipinski definition) is 2. The lowest BCUT2D eigenvalue weighted by atomic mass is 10.3. The van der Waals surface area contributed by atoms with Gasteiger partial charge in [0.05, 0.1) is 11.8 Å². The molecule has 16 heavy (non-hydrogen) atoms. The van der Waals surface area contributed by atoms with Crippen molar-refractivity contribution in [3.05, 3.63) is 27.1 Å². The number of anilines is 1. The van der Waals surface area contributed by atoms with Gasteiger partial charge in [0.15, 0.2) is 0 Å². The maximum Gasteiger partial charge on any atom is 0.250 e. The maximum atomic E-state index is 11.5. The summed E-state index contributed by atoms with van der Waals surface area (Å²) in [6.07, 6.45) is 0.0547. The van der Waals surface area contributed by atoms with E-state index in [0.717, 1.165) is 14.6 Å². The van der Waals surface area contributed by atoms with Gasteiger partial charge in [0.1, 0.15) is 6.61 Å². The minimum atomic E-state index is -0.156. The number of ether oxygens (including phenoxy) is 1. The van der Waals surface area contributed by atoms with Gasteiger partial charge in [-0.25, -0.2) is 0 Å². The number of rotatable bonds is 4. The molecule has 0 aliphatic heterocycles. The quantitative estimate of drug-likeness (QED) is 0.901. The largest absolute Gasteiger partial charge is 0.369 e. The van der Waals surface area contributed by atoms with Crippen LogP contribution in [0.15, 0.2) is 27.1 Å². The summed E-state index contributed by atoms with van der Waals surface area (Å²) >= 11 is 6.71. The number of carbonyl (C=O) groups excluding carboxylic acids is 1. The van der Waals surface area contributed by atoms with Crippen LogP contribution in [0.4, 0.5) is 5.69 Å². The first-order chi connectivity index (χ1) is 7.49. The van der Waals surface area contributed by atoms with E-state index in [1.807, 2.05) is 32.0 Å². The molecule has 0 saturated carbocycles. The van der Waals surface area contributed by atoms with E-state index in [-0.39, 0.29) is 18.6 Å². The zero-order valence-corrected chi connectivity index (χ0v) is 12.3. The van der Waals surface area contributed by atoms with E-state index in [9.17, 15) is 4.79 Å². The first kappa shape index (κ1) is 13.7. The lowest BCUT2D eigenvalue weighted by Crippen LogP contribution is -2.20. The zero-order valence-electron chi connectivity index (χ0n) is 9.09. The summed E-state index contributed by atoms with van der Waals surface area (Å²) in [6, 6.07) is 5.56. The highest BCUT2D eigenvalue weighted by atomic mass is 79.9. The number of hydrogen-bond donors (Lipinski definition) is 1. The standard InChI is InChI=1S/C11H13Br2NO2/c1-7(2)16-6-11(15)14-10-4-3-8(12)5-9(10)13/h3-5,7H,6H2,1-2H3,(H,14,15).